The molecule has 0 saturated heterocycles. The van der Waals surface area contributed by atoms with Gasteiger partial charge in [0.1, 0.15) is 5.82 Å². The minimum absolute atomic E-state index is 0.221. The van der Waals surface area contributed by atoms with Crippen molar-refractivity contribution in [1.29, 1.82) is 0 Å². The van der Waals surface area contributed by atoms with Crippen molar-refractivity contribution in [2.24, 2.45) is 0 Å². The van der Waals surface area contributed by atoms with Gasteiger partial charge in [-0.25, -0.2) is 4.39 Å². The molecule has 3 nitrogen and oxygen atoms in total. The SMILES string of the molecule is Fc1ccc(CNc2ccc3c(c2)OCO3)cc1. The summed E-state index contributed by atoms with van der Waals surface area (Å²) in [5, 5.41) is 3.25. The third-order valence-corrected chi connectivity index (χ3v) is 2.78. The molecule has 1 N–H and O–H groups in total. The molecule has 0 unspecified atom stereocenters. The minimum atomic E-state index is -0.221. The summed E-state index contributed by atoms with van der Waals surface area (Å²) in [4.78, 5) is 0. The summed E-state index contributed by atoms with van der Waals surface area (Å²) in [5.74, 6) is 1.29. The van der Waals surface area contributed by atoms with E-state index in [2.05, 4.69) is 5.32 Å². The molecule has 0 bridgehead atoms. The van der Waals surface area contributed by atoms with Gasteiger partial charge in [0.25, 0.3) is 0 Å². The first-order valence-corrected chi connectivity index (χ1v) is 5.69. The van der Waals surface area contributed by atoms with E-state index in [9.17, 15) is 4.39 Å². The molecule has 1 aliphatic rings. The van der Waals surface area contributed by atoms with Gasteiger partial charge < -0.3 is 14.8 Å². The van der Waals surface area contributed by atoms with Crippen molar-refractivity contribution in [2.75, 3.05) is 12.1 Å². The molecular formula is C14H12FNO2. The Balaban J connectivity index is 1.68. The second-order valence-corrected chi connectivity index (χ2v) is 4.05. The van der Waals surface area contributed by atoms with Crippen LogP contribution in [0, 0.1) is 5.82 Å². The summed E-state index contributed by atoms with van der Waals surface area (Å²) < 4.78 is 23.3. The van der Waals surface area contributed by atoms with Crippen LogP contribution >= 0.6 is 0 Å². The number of halogens is 1. The minimum Gasteiger partial charge on any atom is -0.454 e. The standard InChI is InChI=1S/C14H12FNO2/c15-11-3-1-10(2-4-11)8-16-12-5-6-13-14(7-12)18-9-17-13/h1-7,16H,8-9H2. The number of rotatable bonds is 3. The van der Waals surface area contributed by atoms with E-state index in [0.717, 1.165) is 22.7 Å². The monoisotopic (exact) mass is 245 g/mol. The maximum Gasteiger partial charge on any atom is 0.231 e. The van der Waals surface area contributed by atoms with Crippen LogP contribution in [0.1, 0.15) is 5.56 Å². The Morgan fingerprint density at radius 3 is 2.61 bits per heavy atom. The van der Waals surface area contributed by atoms with Gasteiger partial charge in [-0.1, -0.05) is 12.1 Å². The van der Waals surface area contributed by atoms with E-state index in [1.807, 2.05) is 18.2 Å². The van der Waals surface area contributed by atoms with Gasteiger partial charge >= 0.3 is 0 Å². The molecule has 0 saturated carbocycles. The molecular weight excluding hydrogens is 233 g/mol. The first kappa shape index (κ1) is 10.9. The molecule has 0 atom stereocenters. The molecule has 0 fully saturated rings. The van der Waals surface area contributed by atoms with Crippen molar-refractivity contribution in [3.63, 3.8) is 0 Å². The van der Waals surface area contributed by atoms with Gasteiger partial charge in [-0.3, -0.25) is 0 Å². The van der Waals surface area contributed by atoms with Crippen LogP contribution in [0.15, 0.2) is 42.5 Å². The Bertz CT molecular complexity index is 554. The predicted octanol–water partition coefficient (Wildman–Crippen LogP) is 3.17. The first-order valence-electron chi connectivity index (χ1n) is 5.69. The highest BCUT2D eigenvalue weighted by atomic mass is 19.1. The van der Waals surface area contributed by atoms with E-state index >= 15 is 0 Å². The number of benzene rings is 2. The fourth-order valence-electron chi connectivity index (χ4n) is 1.81. The van der Waals surface area contributed by atoms with Crippen LogP contribution in [0.4, 0.5) is 10.1 Å². The normalized spacial score (nSPS) is 12.5. The van der Waals surface area contributed by atoms with E-state index in [4.69, 9.17) is 9.47 Å². The van der Waals surface area contributed by atoms with Crippen molar-refractivity contribution in [1.82, 2.24) is 0 Å². The number of hydrogen-bond acceptors (Lipinski definition) is 3. The Kier molecular flexibility index (Phi) is 2.76. The highest BCUT2D eigenvalue weighted by Crippen LogP contribution is 2.34. The first-order chi connectivity index (χ1) is 8.81. The second kappa shape index (κ2) is 4.56. The topological polar surface area (TPSA) is 30.5 Å². The van der Waals surface area contributed by atoms with Crippen LogP contribution < -0.4 is 14.8 Å². The molecule has 3 rings (SSSR count). The second-order valence-electron chi connectivity index (χ2n) is 4.05. The molecule has 0 aliphatic carbocycles. The van der Waals surface area contributed by atoms with Crippen molar-refractivity contribution in [2.45, 2.75) is 6.54 Å². The van der Waals surface area contributed by atoms with Crippen LogP contribution in [-0.2, 0) is 6.54 Å². The summed E-state index contributed by atoms with van der Waals surface area (Å²) >= 11 is 0. The number of anilines is 1. The fraction of sp³-hybridized carbons (Fsp3) is 0.143. The van der Waals surface area contributed by atoms with Crippen molar-refractivity contribution >= 4 is 5.69 Å². The Hall–Kier alpha value is -2.23. The van der Waals surface area contributed by atoms with Crippen molar-refractivity contribution < 1.29 is 13.9 Å². The molecule has 4 heteroatoms. The molecule has 0 spiro atoms. The zero-order valence-electron chi connectivity index (χ0n) is 9.65. The molecule has 0 amide bonds. The van der Waals surface area contributed by atoms with E-state index in [-0.39, 0.29) is 12.6 Å². The lowest BCUT2D eigenvalue weighted by atomic mass is 10.2. The van der Waals surface area contributed by atoms with E-state index in [1.54, 1.807) is 12.1 Å². The summed E-state index contributed by atoms with van der Waals surface area (Å²) in [5.41, 5.74) is 1.97. The summed E-state index contributed by atoms with van der Waals surface area (Å²) in [6.07, 6.45) is 0. The Morgan fingerprint density at radius 1 is 1.00 bits per heavy atom. The van der Waals surface area contributed by atoms with Gasteiger partial charge in [-0.2, -0.15) is 0 Å². The third kappa shape index (κ3) is 2.22. The maximum absolute atomic E-state index is 12.7. The molecule has 1 heterocycles. The van der Waals surface area contributed by atoms with Gasteiger partial charge in [0, 0.05) is 18.3 Å². The molecule has 0 radical (unpaired) electrons. The predicted molar refractivity (Wildman–Crippen MR) is 66.3 cm³/mol. The van der Waals surface area contributed by atoms with Crippen LogP contribution in [0.3, 0.4) is 0 Å². The zero-order valence-corrected chi connectivity index (χ0v) is 9.65. The summed E-state index contributed by atoms with van der Waals surface area (Å²) in [6.45, 7) is 0.913. The number of hydrogen-bond donors (Lipinski definition) is 1. The van der Waals surface area contributed by atoms with Crippen LogP contribution in [0.5, 0.6) is 11.5 Å². The van der Waals surface area contributed by atoms with Gasteiger partial charge in [-0.15, -0.1) is 0 Å². The molecule has 18 heavy (non-hydrogen) atoms. The summed E-state index contributed by atoms with van der Waals surface area (Å²) in [6, 6.07) is 12.1. The van der Waals surface area contributed by atoms with E-state index in [1.165, 1.54) is 12.1 Å². The average Bonchev–Trinajstić information content (AvgIpc) is 2.85. The highest BCUT2D eigenvalue weighted by molar-refractivity contribution is 5.55. The fourth-order valence-corrected chi connectivity index (χ4v) is 1.81. The van der Waals surface area contributed by atoms with Gasteiger partial charge in [0.2, 0.25) is 6.79 Å². The van der Waals surface area contributed by atoms with Crippen molar-refractivity contribution in [3.8, 4) is 11.5 Å². The lowest BCUT2D eigenvalue weighted by Gasteiger charge is -2.07. The number of ether oxygens (including phenoxy) is 2. The molecule has 92 valence electrons. The average molecular weight is 245 g/mol. The van der Waals surface area contributed by atoms with Crippen LogP contribution in [0.2, 0.25) is 0 Å². The number of fused-ring (bicyclic) bond motifs is 1. The van der Waals surface area contributed by atoms with Crippen LogP contribution in [0.25, 0.3) is 0 Å². The zero-order chi connectivity index (χ0) is 12.4. The van der Waals surface area contributed by atoms with E-state index < -0.39 is 0 Å². The number of nitrogens with one attached hydrogen (secondary N) is 1. The maximum atomic E-state index is 12.7. The molecule has 2 aromatic carbocycles. The van der Waals surface area contributed by atoms with E-state index in [0.29, 0.717) is 6.54 Å². The Morgan fingerprint density at radius 2 is 1.78 bits per heavy atom. The smallest absolute Gasteiger partial charge is 0.231 e. The molecule has 2 aromatic rings. The molecule has 1 aliphatic heterocycles. The van der Waals surface area contributed by atoms with Gasteiger partial charge in [0.05, 0.1) is 0 Å². The quantitative estimate of drug-likeness (QED) is 0.901. The lowest BCUT2D eigenvalue weighted by Crippen LogP contribution is -1.99. The van der Waals surface area contributed by atoms with Crippen molar-refractivity contribution in [3.05, 3.63) is 53.8 Å². The van der Waals surface area contributed by atoms with Gasteiger partial charge in [0.15, 0.2) is 11.5 Å². The summed E-state index contributed by atoms with van der Waals surface area (Å²) in [7, 11) is 0. The molecule has 0 aromatic heterocycles. The highest BCUT2D eigenvalue weighted by Gasteiger charge is 2.12. The largest absolute Gasteiger partial charge is 0.454 e. The lowest BCUT2D eigenvalue weighted by molar-refractivity contribution is 0.174. The Labute approximate surface area is 104 Å². The van der Waals surface area contributed by atoms with Crippen LogP contribution in [-0.4, -0.2) is 6.79 Å². The van der Waals surface area contributed by atoms with Gasteiger partial charge in [-0.05, 0) is 29.8 Å². The third-order valence-electron chi connectivity index (χ3n) is 2.78.